The summed E-state index contributed by atoms with van der Waals surface area (Å²) >= 11 is 0. The lowest BCUT2D eigenvalue weighted by Crippen LogP contribution is -2.66. The van der Waals surface area contributed by atoms with Gasteiger partial charge in [0.2, 0.25) is 5.91 Å². The second kappa shape index (κ2) is 61.2. The second-order valence-corrected chi connectivity index (χ2v) is 29.2. The SMILES string of the molecule is CCCCCCCC/C=C/CC/C=C/CC/C=C/C(O)C(COC1OC(CO)C(OC2OC(CO)C(OC3OC(CO)C(O)C(O)C3O)C(O)C2O)C(O)C1O)NC(=O)CCCCCCCCCCCCCCCCCCCCCCCCCCCCCCCCCCCCCCCC. The van der Waals surface area contributed by atoms with Crippen LogP contribution in [-0.4, -0.2) is 193 Å². The normalized spacial score (nSPS) is 26.7. The van der Waals surface area contributed by atoms with Crippen molar-refractivity contribution in [3.05, 3.63) is 36.5 Å². The number of carbonyl (C=O) groups is 1. The average molecular weight is 1410 g/mol. The molecule has 3 aliphatic rings. The van der Waals surface area contributed by atoms with Gasteiger partial charge in [0.15, 0.2) is 18.9 Å². The van der Waals surface area contributed by atoms with E-state index in [4.69, 9.17) is 28.4 Å². The lowest BCUT2D eigenvalue weighted by Gasteiger charge is -2.48. The molecule has 0 radical (unpaired) electrons. The molecule has 0 bridgehead atoms. The van der Waals surface area contributed by atoms with Crippen LogP contribution in [0.15, 0.2) is 36.5 Å². The first-order valence-corrected chi connectivity index (χ1v) is 40.7. The van der Waals surface area contributed by atoms with Crippen LogP contribution in [0.4, 0.5) is 0 Å². The first-order chi connectivity index (χ1) is 48.3. The highest BCUT2D eigenvalue weighted by molar-refractivity contribution is 5.76. The number of unbranched alkanes of at least 4 members (excludes halogenated alkanes) is 45. The molecule has 3 rings (SSSR count). The Balaban J connectivity index is 1.30. The first kappa shape index (κ1) is 91.2. The van der Waals surface area contributed by atoms with Gasteiger partial charge in [-0.25, -0.2) is 0 Å². The van der Waals surface area contributed by atoms with Gasteiger partial charge in [-0.2, -0.15) is 0 Å². The molecule has 0 saturated carbocycles. The van der Waals surface area contributed by atoms with Gasteiger partial charge in [0.1, 0.15) is 73.2 Å². The maximum atomic E-state index is 13.4. The summed E-state index contributed by atoms with van der Waals surface area (Å²) in [6.07, 6.45) is 48.9. The largest absolute Gasteiger partial charge is 0.394 e. The Morgan fingerprint density at radius 3 is 1.01 bits per heavy atom. The number of carbonyl (C=O) groups excluding carboxylic acids is 1. The molecule has 17 atom stereocenters. The number of nitrogens with one attached hydrogen (secondary N) is 1. The highest BCUT2D eigenvalue weighted by Gasteiger charge is 2.54. The summed E-state index contributed by atoms with van der Waals surface area (Å²) in [6.45, 7) is 1.73. The zero-order chi connectivity index (χ0) is 71.8. The van der Waals surface area contributed by atoms with Crippen LogP contribution in [0.5, 0.6) is 0 Å². The van der Waals surface area contributed by atoms with Crippen molar-refractivity contribution in [2.45, 2.75) is 439 Å². The van der Waals surface area contributed by atoms with Crippen LogP contribution in [0.3, 0.4) is 0 Å². The average Bonchev–Trinajstić information content (AvgIpc) is 0.784. The van der Waals surface area contributed by atoms with Crippen molar-refractivity contribution in [1.82, 2.24) is 5.32 Å². The van der Waals surface area contributed by atoms with E-state index in [0.717, 1.165) is 44.9 Å². The Bertz CT molecular complexity index is 1930. The quantitative estimate of drug-likeness (QED) is 0.0199. The standard InChI is InChI=1S/C80H149NO18/c1-3-5-7-9-11-13-15-17-19-21-22-23-24-25-26-27-28-29-30-31-32-33-34-35-36-37-38-39-40-41-42-44-46-48-50-52-54-56-58-68(86)81-63(64(85)57-55-53-51-49-47-45-43-20-18-16-14-12-10-8-6-4-2)62-94-78-74(92)71(89)76(66(60-83)96-78)99-80-75(93)72(90)77(67(61-84)97-80)98-79-73(91)70(88)69(87)65(59-82)95-79/h18,20,47,49,55,57,63-67,69-80,82-85,87-93H,3-17,19,21-46,48,50-54,56,58-62H2,1-2H3,(H,81,86)/b20-18+,49-47+,57-55+. The number of aliphatic hydroxyl groups excluding tert-OH is 11. The van der Waals surface area contributed by atoms with Gasteiger partial charge in [0.25, 0.3) is 0 Å². The van der Waals surface area contributed by atoms with E-state index in [-0.39, 0.29) is 18.9 Å². The van der Waals surface area contributed by atoms with Crippen LogP contribution in [0.2, 0.25) is 0 Å². The minimum absolute atomic E-state index is 0.236. The van der Waals surface area contributed by atoms with E-state index >= 15 is 0 Å². The summed E-state index contributed by atoms with van der Waals surface area (Å²) in [4.78, 5) is 13.4. The van der Waals surface area contributed by atoms with Crippen LogP contribution < -0.4 is 5.32 Å². The fourth-order valence-electron chi connectivity index (χ4n) is 13.9. The van der Waals surface area contributed by atoms with Crippen molar-refractivity contribution in [1.29, 1.82) is 0 Å². The van der Waals surface area contributed by atoms with Gasteiger partial charge in [-0.05, 0) is 44.9 Å². The molecule has 3 fully saturated rings. The van der Waals surface area contributed by atoms with E-state index in [1.54, 1.807) is 6.08 Å². The molecule has 3 aliphatic heterocycles. The summed E-state index contributed by atoms with van der Waals surface area (Å²) < 4.78 is 34.4. The van der Waals surface area contributed by atoms with Crippen molar-refractivity contribution in [3.63, 3.8) is 0 Å². The molecule has 17 unspecified atom stereocenters. The predicted octanol–water partition coefficient (Wildman–Crippen LogP) is 13.5. The smallest absolute Gasteiger partial charge is 0.220 e. The van der Waals surface area contributed by atoms with Crippen molar-refractivity contribution >= 4 is 5.91 Å². The predicted molar refractivity (Wildman–Crippen MR) is 393 cm³/mol. The molecule has 99 heavy (non-hydrogen) atoms. The van der Waals surface area contributed by atoms with Gasteiger partial charge in [-0.1, -0.05) is 320 Å². The fourth-order valence-corrected chi connectivity index (χ4v) is 13.9. The molecule has 12 N–H and O–H groups in total. The minimum atomic E-state index is -1.98. The Labute approximate surface area is 600 Å². The lowest BCUT2D eigenvalue weighted by atomic mass is 9.96. The Morgan fingerprint density at radius 1 is 0.354 bits per heavy atom. The molecule has 19 nitrogen and oxygen atoms in total. The molecular weight excluding hydrogens is 1260 g/mol. The molecule has 0 aromatic rings. The number of allylic oxidation sites excluding steroid dienone is 5. The summed E-state index contributed by atoms with van der Waals surface area (Å²) in [5.41, 5.74) is 0. The Morgan fingerprint density at radius 2 is 0.646 bits per heavy atom. The lowest BCUT2D eigenvalue weighted by molar-refractivity contribution is -0.379. The topological polar surface area (TPSA) is 307 Å². The van der Waals surface area contributed by atoms with Crippen LogP contribution >= 0.6 is 0 Å². The van der Waals surface area contributed by atoms with Gasteiger partial charge in [-0.3, -0.25) is 4.79 Å². The third-order valence-electron chi connectivity index (χ3n) is 20.4. The molecule has 3 saturated heterocycles. The molecule has 0 aliphatic carbocycles. The zero-order valence-electron chi connectivity index (χ0n) is 62.2. The number of ether oxygens (including phenoxy) is 6. The van der Waals surface area contributed by atoms with Gasteiger partial charge in [-0.15, -0.1) is 0 Å². The second-order valence-electron chi connectivity index (χ2n) is 29.2. The number of aliphatic hydroxyl groups is 11. The van der Waals surface area contributed by atoms with Crippen LogP contribution in [0.25, 0.3) is 0 Å². The molecule has 1 amide bonds. The summed E-state index contributed by atoms with van der Waals surface area (Å²) in [5, 5.41) is 121. The molecule has 3 heterocycles. The van der Waals surface area contributed by atoms with Crippen LogP contribution in [0.1, 0.15) is 335 Å². The molecule has 19 heteroatoms. The number of rotatable bonds is 65. The van der Waals surface area contributed by atoms with E-state index in [1.807, 2.05) is 6.08 Å². The Hall–Kier alpha value is -1.99. The van der Waals surface area contributed by atoms with E-state index in [2.05, 4.69) is 43.5 Å². The van der Waals surface area contributed by atoms with Gasteiger partial charge in [0, 0.05) is 6.42 Å². The molecule has 0 aromatic heterocycles. The van der Waals surface area contributed by atoms with Crippen molar-refractivity contribution in [2.75, 3.05) is 26.4 Å². The number of hydrogen-bond donors (Lipinski definition) is 12. The minimum Gasteiger partial charge on any atom is -0.394 e. The summed E-state index contributed by atoms with van der Waals surface area (Å²) in [6, 6.07) is -0.995. The zero-order valence-corrected chi connectivity index (χ0v) is 62.2. The third kappa shape index (κ3) is 41.5. The molecule has 582 valence electrons. The van der Waals surface area contributed by atoms with Crippen LogP contribution in [0, 0.1) is 0 Å². The van der Waals surface area contributed by atoms with Crippen molar-refractivity contribution < 1.29 is 89.4 Å². The monoisotopic (exact) mass is 1410 g/mol. The van der Waals surface area contributed by atoms with E-state index < -0.39 is 124 Å². The van der Waals surface area contributed by atoms with Gasteiger partial charge >= 0.3 is 0 Å². The summed E-state index contributed by atoms with van der Waals surface area (Å²) in [5.74, 6) is -0.284. The van der Waals surface area contributed by atoms with Gasteiger partial charge in [0.05, 0.1) is 38.6 Å². The van der Waals surface area contributed by atoms with Crippen LogP contribution in [-0.2, 0) is 33.2 Å². The first-order valence-electron chi connectivity index (χ1n) is 40.7. The highest BCUT2D eigenvalue weighted by atomic mass is 16.8. The van der Waals surface area contributed by atoms with E-state index in [9.17, 15) is 61.0 Å². The molecular formula is C80H149NO18. The fraction of sp³-hybridized carbons (Fsp3) is 0.912. The molecule has 0 aromatic carbocycles. The summed E-state index contributed by atoms with van der Waals surface area (Å²) in [7, 11) is 0. The Kier molecular flexibility index (Phi) is 56.4. The maximum absolute atomic E-state index is 13.4. The van der Waals surface area contributed by atoms with Crippen molar-refractivity contribution in [3.8, 4) is 0 Å². The van der Waals surface area contributed by atoms with Gasteiger partial charge < -0.3 is 89.9 Å². The van der Waals surface area contributed by atoms with E-state index in [0.29, 0.717) is 12.8 Å². The maximum Gasteiger partial charge on any atom is 0.220 e. The number of hydrogen-bond acceptors (Lipinski definition) is 18. The third-order valence-corrected chi connectivity index (χ3v) is 20.4. The number of amides is 1. The molecule has 0 spiro atoms. The van der Waals surface area contributed by atoms with Crippen molar-refractivity contribution in [2.24, 2.45) is 0 Å². The highest BCUT2D eigenvalue weighted by Crippen LogP contribution is 2.33. The van der Waals surface area contributed by atoms with E-state index in [1.165, 1.54) is 257 Å².